The SMILES string of the molecule is N#Cc1cc(NSc2cc(C(=O)O)ccc2C2CC2)c(OC2CCC23CC3)cc1Cl. The number of carboxylic acids is 1. The van der Waals surface area contributed by atoms with Crippen LogP contribution in [0.3, 0.4) is 0 Å². The Hall–Kier alpha value is -2.36. The van der Waals surface area contributed by atoms with Gasteiger partial charge in [0, 0.05) is 16.4 Å². The first-order chi connectivity index (χ1) is 14.5. The van der Waals surface area contributed by atoms with Crippen LogP contribution in [0.15, 0.2) is 35.2 Å². The maximum atomic E-state index is 11.4. The lowest BCUT2D eigenvalue weighted by atomic mass is 9.78. The number of aromatic carboxylic acids is 1. The highest BCUT2D eigenvalue weighted by Crippen LogP contribution is 2.62. The van der Waals surface area contributed by atoms with E-state index in [1.807, 2.05) is 6.07 Å². The molecule has 0 radical (unpaired) electrons. The summed E-state index contributed by atoms with van der Waals surface area (Å²) in [4.78, 5) is 12.3. The van der Waals surface area contributed by atoms with Crippen LogP contribution in [0, 0.1) is 16.7 Å². The fourth-order valence-corrected chi connectivity index (χ4v) is 5.27. The summed E-state index contributed by atoms with van der Waals surface area (Å²) in [5.74, 6) is 0.184. The van der Waals surface area contributed by atoms with Crippen molar-refractivity contribution < 1.29 is 14.6 Å². The van der Waals surface area contributed by atoms with Crippen molar-refractivity contribution in [2.75, 3.05) is 4.72 Å². The van der Waals surface area contributed by atoms with Gasteiger partial charge >= 0.3 is 5.97 Å². The van der Waals surface area contributed by atoms with Gasteiger partial charge in [-0.2, -0.15) is 5.26 Å². The van der Waals surface area contributed by atoms with E-state index in [1.54, 1.807) is 24.3 Å². The molecule has 2 aromatic rings. The Bertz CT molecular complexity index is 1070. The second-order valence-corrected chi connectivity index (χ2v) is 9.74. The van der Waals surface area contributed by atoms with Gasteiger partial charge in [-0.15, -0.1) is 0 Å². The van der Waals surface area contributed by atoms with Crippen molar-refractivity contribution in [1.82, 2.24) is 0 Å². The molecule has 0 aliphatic heterocycles. The topological polar surface area (TPSA) is 82.4 Å². The zero-order chi connectivity index (χ0) is 20.9. The Morgan fingerprint density at radius 2 is 2.03 bits per heavy atom. The molecular formula is C23H21ClN2O3S. The molecule has 3 fully saturated rings. The molecule has 0 bridgehead atoms. The number of hydrogen-bond donors (Lipinski definition) is 2. The number of nitrogens with zero attached hydrogens (tertiary/aromatic N) is 1. The molecule has 1 unspecified atom stereocenters. The first-order valence-electron chi connectivity index (χ1n) is 10.2. The van der Waals surface area contributed by atoms with E-state index in [1.165, 1.54) is 31.2 Å². The molecule has 2 aromatic carbocycles. The summed E-state index contributed by atoms with van der Waals surface area (Å²) in [6, 6.07) is 10.8. The normalized spacial score (nSPS) is 20.9. The lowest BCUT2D eigenvalue weighted by Gasteiger charge is -2.37. The summed E-state index contributed by atoms with van der Waals surface area (Å²) in [7, 11) is 0. The first-order valence-corrected chi connectivity index (χ1v) is 11.4. The minimum atomic E-state index is -0.943. The highest BCUT2D eigenvalue weighted by molar-refractivity contribution is 8.00. The highest BCUT2D eigenvalue weighted by Gasteiger charge is 2.57. The van der Waals surface area contributed by atoms with Gasteiger partial charge in [0.05, 0.1) is 21.8 Å². The molecular weight excluding hydrogens is 420 g/mol. The van der Waals surface area contributed by atoms with E-state index >= 15 is 0 Å². The van der Waals surface area contributed by atoms with E-state index in [2.05, 4.69) is 10.8 Å². The first kappa shape index (κ1) is 19.6. The van der Waals surface area contributed by atoms with Gasteiger partial charge in [-0.1, -0.05) is 17.7 Å². The second-order valence-electron chi connectivity index (χ2n) is 8.48. The zero-order valence-corrected chi connectivity index (χ0v) is 17.9. The van der Waals surface area contributed by atoms with Crippen LogP contribution in [0.2, 0.25) is 5.02 Å². The van der Waals surface area contributed by atoms with Crippen LogP contribution in [0.5, 0.6) is 5.75 Å². The average Bonchev–Trinajstić information content (AvgIpc) is 3.63. The highest BCUT2D eigenvalue weighted by atomic mass is 35.5. The molecule has 1 atom stereocenters. The Kier molecular flexibility index (Phi) is 4.83. The van der Waals surface area contributed by atoms with E-state index in [0.29, 0.717) is 33.4 Å². The van der Waals surface area contributed by atoms with Crippen molar-refractivity contribution in [3.63, 3.8) is 0 Å². The Morgan fingerprint density at radius 1 is 1.23 bits per heavy atom. The van der Waals surface area contributed by atoms with Gasteiger partial charge in [0.25, 0.3) is 0 Å². The van der Waals surface area contributed by atoms with Crippen LogP contribution in [0.25, 0.3) is 0 Å². The number of halogens is 1. The molecule has 5 rings (SSSR count). The number of hydrogen-bond acceptors (Lipinski definition) is 5. The second kappa shape index (κ2) is 7.40. The van der Waals surface area contributed by atoms with Gasteiger partial charge in [-0.05, 0) is 80.2 Å². The summed E-state index contributed by atoms with van der Waals surface area (Å²) in [6.45, 7) is 0. The predicted molar refractivity (Wildman–Crippen MR) is 116 cm³/mol. The third-order valence-electron chi connectivity index (χ3n) is 6.49. The van der Waals surface area contributed by atoms with Crippen LogP contribution >= 0.6 is 23.5 Å². The lowest BCUT2D eigenvalue weighted by Crippen LogP contribution is -2.38. The summed E-state index contributed by atoms with van der Waals surface area (Å²) in [5.41, 5.74) is 2.83. The number of anilines is 1. The number of nitriles is 1. The fourth-order valence-electron chi connectivity index (χ4n) is 4.16. The van der Waals surface area contributed by atoms with E-state index in [4.69, 9.17) is 16.3 Å². The van der Waals surface area contributed by atoms with Crippen molar-refractivity contribution in [2.45, 2.75) is 55.4 Å². The number of benzene rings is 2. The summed E-state index contributed by atoms with van der Waals surface area (Å²) in [5, 5.41) is 19.1. The Labute approximate surface area is 184 Å². The smallest absolute Gasteiger partial charge is 0.335 e. The summed E-state index contributed by atoms with van der Waals surface area (Å²) < 4.78 is 9.63. The number of carbonyl (C=O) groups is 1. The van der Waals surface area contributed by atoms with Crippen LogP contribution in [-0.2, 0) is 0 Å². The van der Waals surface area contributed by atoms with Crippen molar-refractivity contribution in [3.05, 3.63) is 52.0 Å². The fraction of sp³-hybridized carbons (Fsp3) is 0.391. The molecule has 1 spiro atoms. The van der Waals surface area contributed by atoms with Crippen molar-refractivity contribution >= 4 is 35.2 Å². The molecule has 2 N–H and O–H groups in total. The predicted octanol–water partition coefficient (Wildman–Crippen LogP) is 6.23. The van der Waals surface area contributed by atoms with Crippen LogP contribution in [0.1, 0.15) is 65.9 Å². The van der Waals surface area contributed by atoms with Crippen molar-refractivity contribution in [1.29, 1.82) is 5.26 Å². The van der Waals surface area contributed by atoms with Crippen molar-refractivity contribution in [2.24, 2.45) is 5.41 Å². The maximum absolute atomic E-state index is 11.4. The Morgan fingerprint density at radius 3 is 2.63 bits per heavy atom. The van der Waals surface area contributed by atoms with Gasteiger partial charge in [0.2, 0.25) is 0 Å². The third kappa shape index (κ3) is 3.61. The summed E-state index contributed by atoms with van der Waals surface area (Å²) in [6.07, 6.45) is 7.12. The van der Waals surface area contributed by atoms with Crippen LogP contribution in [0.4, 0.5) is 5.69 Å². The van der Waals surface area contributed by atoms with E-state index in [-0.39, 0.29) is 11.7 Å². The van der Waals surface area contributed by atoms with E-state index in [9.17, 15) is 15.2 Å². The molecule has 0 heterocycles. The number of rotatable bonds is 7. The number of nitrogens with one attached hydrogen (secondary N) is 1. The molecule has 5 nitrogen and oxygen atoms in total. The summed E-state index contributed by atoms with van der Waals surface area (Å²) >= 11 is 7.64. The molecule has 3 aliphatic carbocycles. The van der Waals surface area contributed by atoms with Gasteiger partial charge < -0.3 is 14.6 Å². The number of carboxylic acid groups (broad SMARTS) is 1. The molecule has 0 aromatic heterocycles. The van der Waals surface area contributed by atoms with Gasteiger partial charge in [0.15, 0.2) is 0 Å². The largest absolute Gasteiger partial charge is 0.488 e. The number of ether oxygens (including phenoxy) is 1. The monoisotopic (exact) mass is 440 g/mol. The molecule has 0 saturated heterocycles. The van der Waals surface area contributed by atoms with E-state index in [0.717, 1.165) is 29.7 Å². The third-order valence-corrected chi connectivity index (χ3v) is 7.70. The molecule has 3 saturated carbocycles. The Balaban J connectivity index is 1.42. The van der Waals surface area contributed by atoms with Gasteiger partial charge in [-0.25, -0.2) is 4.79 Å². The van der Waals surface area contributed by atoms with Crippen molar-refractivity contribution in [3.8, 4) is 11.8 Å². The van der Waals surface area contributed by atoms with Gasteiger partial charge in [-0.3, -0.25) is 0 Å². The molecule has 7 heteroatoms. The molecule has 154 valence electrons. The van der Waals surface area contributed by atoms with Gasteiger partial charge in [0.1, 0.15) is 17.9 Å². The molecule has 30 heavy (non-hydrogen) atoms. The lowest BCUT2D eigenvalue weighted by molar-refractivity contribution is 0.0288. The quantitative estimate of drug-likeness (QED) is 0.496. The minimum absolute atomic E-state index is 0.199. The minimum Gasteiger partial charge on any atom is -0.488 e. The van der Waals surface area contributed by atoms with Crippen LogP contribution < -0.4 is 9.46 Å². The molecule has 0 amide bonds. The van der Waals surface area contributed by atoms with E-state index < -0.39 is 5.97 Å². The standard InChI is InChI=1S/C23H21ClN2O3S/c24-17-11-19(29-21-5-6-23(21)7-8-23)18(9-15(17)12-25)26-30-20-10-14(22(27)28)3-4-16(20)13-1-2-13/h3-4,9-11,13,21,26H,1-2,5-8H2,(H,27,28). The average molecular weight is 441 g/mol. The molecule has 3 aliphatic rings. The zero-order valence-electron chi connectivity index (χ0n) is 16.3. The van der Waals surface area contributed by atoms with Crippen LogP contribution in [-0.4, -0.2) is 17.2 Å². The maximum Gasteiger partial charge on any atom is 0.335 e.